The van der Waals surface area contributed by atoms with Crippen LogP contribution in [-0.4, -0.2) is 37.3 Å². The maximum absolute atomic E-state index is 12.4. The van der Waals surface area contributed by atoms with Crippen molar-refractivity contribution in [3.05, 3.63) is 53.3 Å². The summed E-state index contributed by atoms with van der Waals surface area (Å²) in [6.45, 7) is 3.61. The summed E-state index contributed by atoms with van der Waals surface area (Å²) in [5.41, 5.74) is 2.26. The second-order valence-electron chi connectivity index (χ2n) is 6.00. The Morgan fingerprint density at radius 3 is 2.67 bits per heavy atom. The van der Waals surface area contributed by atoms with E-state index in [4.69, 9.17) is 0 Å². The van der Waals surface area contributed by atoms with Gasteiger partial charge in [-0.1, -0.05) is 24.3 Å². The van der Waals surface area contributed by atoms with Crippen LogP contribution < -0.4 is 4.72 Å². The topological polar surface area (TPSA) is 82.3 Å². The summed E-state index contributed by atoms with van der Waals surface area (Å²) in [7, 11) is -3.66. The van der Waals surface area contributed by atoms with E-state index in [1.807, 2.05) is 31.2 Å². The number of hydrogen-bond donors (Lipinski definition) is 2. The lowest BCUT2D eigenvalue weighted by Gasteiger charge is -2.13. The summed E-state index contributed by atoms with van der Waals surface area (Å²) in [5, 5.41) is 0. The maximum atomic E-state index is 12.4. The van der Waals surface area contributed by atoms with Crippen molar-refractivity contribution >= 4 is 15.9 Å². The Labute approximate surface area is 141 Å². The van der Waals surface area contributed by atoms with Crippen molar-refractivity contribution in [3.63, 3.8) is 0 Å². The molecule has 1 saturated heterocycles. The number of sulfonamides is 1. The van der Waals surface area contributed by atoms with Crippen molar-refractivity contribution in [3.8, 4) is 0 Å². The Bertz CT molecular complexity index is 836. The van der Waals surface area contributed by atoms with Crippen molar-refractivity contribution in [2.45, 2.75) is 31.2 Å². The van der Waals surface area contributed by atoms with Gasteiger partial charge in [-0.25, -0.2) is 13.1 Å². The predicted octanol–water partition coefficient (Wildman–Crippen LogP) is 2.04. The number of rotatable bonds is 5. The molecule has 0 aliphatic carbocycles. The number of H-pyrrole nitrogens is 1. The Morgan fingerprint density at radius 1 is 1.25 bits per heavy atom. The molecule has 2 aromatic rings. The lowest BCUT2D eigenvalue weighted by molar-refractivity contribution is 0.0787. The molecule has 0 unspecified atom stereocenters. The molecule has 7 heteroatoms. The number of carbonyl (C=O) groups is 1. The smallest absolute Gasteiger partial charge is 0.270 e. The largest absolute Gasteiger partial charge is 0.356 e. The number of hydrogen-bond acceptors (Lipinski definition) is 3. The Balaban J connectivity index is 1.71. The Kier molecular flexibility index (Phi) is 4.73. The first kappa shape index (κ1) is 16.7. The van der Waals surface area contributed by atoms with Crippen LogP contribution in [0.15, 0.2) is 41.4 Å². The van der Waals surface area contributed by atoms with Crippen molar-refractivity contribution in [1.82, 2.24) is 14.6 Å². The van der Waals surface area contributed by atoms with E-state index in [1.54, 1.807) is 4.90 Å². The normalized spacial score (nSPS) is 15.0. The number of benzene rings is 1. The third kappa shape index (κ3) is 3.52. The summed E-state index contributed by atoms with van der Waals surface area (Å²) < 4.78 is 27.4. The number of aromatic nitrogens is 1. The van der Waals surface area contributed by atoms with E-state index in [0.29, 0.717) is 5.69 Å². The van der Waals surface area contributed by atoms with Crippen LogP contribution in [0.3, 0.4) is 0 Å². The first-order chi connectivity index (χ1) is 11.5. The molecule has 0 atom stereocenters. The molecular weight excluding hydrogens is 326 g/mol. The molecule has 0 saturated carbocycles. The van der Waals surface area contributed by atoms with Crippen LogP contribution >= 0.6 is 0 Å². The highest BCUT2D eigenvalue weighted by Gasteiger charge is 2.23. The van der Waals surface area contributed by atoms with Gasteiger partial charge in [0.25, 0.3) is 5.91 Å². The van der Waals surface area contributed by atoms with E-state index in [-0.39, 0.29) is 17.3 Å². The molecule has 128 valence electrons. The minimum atomic E-state index is -3.66. The zero-order valence-electron chi connectivity index (χ0n) is 13.6. The van der Waals surface area contributed by atoms with Crippen molar-refractivity contribution in [2.24, 2.45) is 0 Å². The molecule has 0 spiro atoms. The van der Waals surface area contributed by atoms with Gasteiger partial charge in [0.1, 0.15) is 10.6 Å². The number of amides is 1. The molecule has 3 rings (SSSR count). The first-order valence-electron chi connectivity index (χ1n) is 7.99. The molecule has 1 amide bonds. The fourth-order valence-corrected chi connectivity index (χ4v) is 3.81. The van der Waals surface area contributed by atoms with Gasteiger partial charge in [-0.15, -0.1) is 0 Å². The molecule has 2 heterocycles. The zero-order chi connectivity index (χ0) is 17.2. The summed E-state index contributed by atoms with van der Waals surface area (Å²) in [6.07, 6.45) is 3.36. The number of nitrogens with one attached hydrogen (secondary N) is 2. The van der Waals surface area contributed by atoms with Gasteiger partial charge < -0.3 is 9.88 Å². The van der Waals surface area contributed by atoms with Crippen LogP contribution in [0.1, 0.15) is 34.5 Å². The quantitative estimate of drug-likeness (QED) is 0.868. The van der Waals surface area contributed by atoms with Crippen LogP contribution in [0, 0.1) is 6.92 Å². The zero-order valence-corrected chi connectivity index (χ0v) is 14.4. The minimum Gasteiger partial charge on any atom is -0.356 e. The molecule has 1 fully saturated rings. The summed E-state index contributed by atoms with van der Waals surface area (Å²) in [6, 6.07) is 9.01. The summed E-state index contributed by atoms with van der Waals surface area (Å²) in [5.74, 6) is -0.146. The van der Waals surface area contributed by atoms with Gasteiger partial charge in [0.05, 0.1) is 0 Å². The fraction of sp³-hybridized carbons (Fsp3) is 0.353. The molecule has 0 radical (unpaired) electrons. The van der Waals surface area contributed by atoms with E-state index in [9.17, 15) is 13.2 Å². The number of carbonyl (C=O) groups excluding carboxylic acids is 1. The lowest BCUT2D eigenvalue weighted by atomic mass is 10.1. The highest BCUT2D eigenvalue weighted by molar-refractivity contribution is 7.89. The molecule has 2 N–H and O–H groups in total. The van der Waals surface area contributed by atoms with Gasteiger partial charge in [0.2, 0.25) is 10.0 Å². The van der Waals surface area contributed by atoms with Gasteiger partial charge >= 0.3 is 0 Å². The van der Waals surface area contributed by atoms with Crippen LogP contribution in [-0.2, 0) is 16.6 Å². The molecule has 0 bridgehead atoms. The van der Waals surface area contributed by atoms with E-state index < -0.39 is 10.0 Å². The average molecular weight is 347 g/mol. The molecule has 24 heavy (non-hydrogen) atoms. The van der Waals surface area contributed by atoms with Gasteiger partial charge in [-0.2, -0.15) is 0 Å². The molecule has 6 nitrogen and oxygen atoms in total. The lowest BCUT2D eigenvalue weighted by Crippen LogP contribution is -2.27. The van der Waals surface area contributed by atoms with E-state index in [1.165, 1.54) is 12.3 Å². The number of aryl methyl sites for hydroxylation is 1. The minimum absolute atomic E-state index is 0.0821. The fourth-order valence-electron chi connectivity index (χ4n) is 2.81. The number of nitrogens with zero attached hydrogens (tertiary/aromatic N) is 1. The Hall–Kier alpha value is -2.12. The number of aromatic amines is 1. The third-order valence-corrected chi connectivity index (χ3v) is 5.69. The summed E-state index contributed by atoms with van der Waals surface area (Å²) in [4.78, 5) is 16.9. The third-order valence-electron chi connectivity index (χ3n) is 4.30. The first-order valence-corrected chi connectivity index (χ1v) is 9.47. The molecule has 1 aliphatic heterocycles. The van der Waals surface area contributed by atoms with Crippen molar-refractivity contribution in [1.29, 1.82) is 0 Å². The maximum Gasteiger partial charge on any atom is 0.270 e. The van der Waals surface area contributed by atoms with Crippen molar-refractivity contribution < 1.29 is 13.2 Å². The van der Waals surface area contributed by atoms with Crippen LogP contribution in [0.2, 0.25) is 0 Å². The standard InChI is InChI=1S/C17H21N3O3S/c1-13-6-2-3-7-14(13)11-19-24(22,23)15-10-16(18-12-15)17(21)20-8-4-5-9-20/h2-3,6-7,10,12,18-19H,4-5,8-9,11H2,1H3. The molecule has 1 aliphatic rings. The number of likely N-dealkylation sites (tertiary alicyclic amines) is 1. The van der Waals surface area contributed by atoms with Crippen molar-refractivity contribution in [2.75, 3.05) is 13.1 Å². The van der Waals surface area contributed by atoms with E-state index >= 15 is 0 Å². The van der Waals surface area contributed by atoms with Gasteiger partial charge in [0, 0.05) is 25.8 Å². The second-order valence-corrected chi connectivity index (χ2v) is 7.77. The van der Waals surface area contributed by atoms with E-state index in [2.05, 4.69) is 9.71 Å². The average Bonchev–Trinajstić information content (AvgIpc) is 3.25. The van der Waals surface area contributed by atoms with Gasteiger partial charge in [-0.3, -0.25) is 4.79 Å². The molecule has 1 aromatic carbocycles. The molecule has 1 aromatic heterocycles. The summed E-state index contributed by atoms with van der Waals surface area (Å²) >= 11 is 0. The SMILES string of the molecule is Cc1ccccc1CNS(=O)(=O)c1c[nH]c(C(=O)N2CCCC2)c1. The predicted molar refractivity (Wildman–Crippen MR) is 91.1 cm³/mol. The van der Waals surface area contributed by atoms with Gasteiger partial charge in [0.15, 0.2) is 0 Å². The second kappa shape index (κ2) is 6.78. The van der Waals surface area contributed by atoms with Gasteiger partial charge in [-0.05, 0) is 37.0 Å². The Morgan fingerprint density at radius 2 is 1.96 bits per heavy atom. The molecular formula is C17H21N3O3S. The highest BCUT2D eigenvalue weighted by Crippen LogP contribution is 2.16. The van der Waals surface area contributed by atoms with E-state index in [0.717, 1.165) is 37.1 Å². The van der Waals surface area contributed by atoms with Crippen LogP contribution in [0.25, 0.3) is 0 Å². The highest BCUT2D eigenvalue weighted by atomic mass is 32.2. The monoisotopic (exact) mass is 347 g/mol. The van der Waals surface area contributed by atoms with Crippen LogP contribution in [0.4, 0.5) is 0 Å². The van der Waals surface area contributed by atoms with Crippen LogP contribution in [0.5, 0.6) is 0 Å².